The average Bonchev–Trinajstić information content (AvgIpc) is 2.10. The summed E-state index contributed by atoms with van der Waals surface area (Å²) < 4.78 is 0. The Morgan fingerprint density at radius 3 is 2.57 bits per heavy atom. The van der Waals surface area contributed by atoms with E-state index in [-0.39, 0.29) is 12.0 Å². The molecular formula is C10H22N2O2. The zero-order valence-electron chi connectivity index (χ0n) is 9.34. The van der Waals surface area contributed by atoms with E-state index in [0.717, 1.165) is 6.42 Å². The zero-order chi connectivity index (χ0) is 11.0. The molecule has 84 valence electrons. The lowest BCUT2D eigenvalue weighted by Crippen LogP contribution is -2.31. The van der Waals surface area contributed by atoms with Gasteiger partial charge >= 0.3 is 0 Å². The van der Waals surface area contributed by atoms with Crippen LogP contribution in [0.3, 0.4) is 0 Å². The number of aliphatic hydroxyl groups is 1. The van der Waals surface area contributed by atoms with E-state index < -0.39 is 0 Å². The molecule has 0 aliphatic rings. The molecule has 0 bridgehead atoms. The van der Waals surface area contributed by atoms with Crippen molar-refractivity contribution >= 4 is 5.91 Å². The number of carbonyl (C=O) groups is 1. The molecule has 0 radical (unpaired) electrons. The Bertz CT molecular complexity index is 160. The fourth-order valence-corrected chi connectivity index (χ4v) is 1.22. The van der Waals surface area contributed by atoms with Crippen molar-refractivity contribution in [1.29, 1.82) is 0 Å². The lowest BCUT2D eigenvalue weighted by molar-refractivity contribution is -0.120. The normalized spacial score (nSPS) is 12.9. The predicted molar refractivity (Wildman–Crippen MR) is 57.0 cm³/mol. The van der Waals surface area contributed by atoms with Gasteiger partial charge in [0.2, 0.25) is 5.91 Å². The van der Waals surface area contributed by atoms with E-state index in [0.29, 0.717) is 25.4 Å². The van der Waals surface area contributed by atoms with Crippen LogP contribution in [-0.4, -0.2) is 37.3 Å². The third kappa shape index (κ3) is 8.01. The zero-order valence-corrected chi connectivity index (χ0v) is 9.34. The number of amides is 1. The molecular weight excluding hydrogens is 180 g/mol. The molecule has 0 aliphatic carbocycles. The van der Waals surface area contributed by atoms with Crippen molar-refractivity contribution in [3.05, 3.63) is 0 Å². The molecule has 0 rings (SSSR count). The van der Waals surface area contributed by atoms with Crippen molar-refractivity contribution in [2.45, 2.75) is 32.8 Å². The maximum Gasteiger partial charge on any atom is 0.221 e. The summed E-state index contributed by atoms with van der Waals surface area (Å²) in [4.78, 5) is 10.8. The third-order valence-electron chi connectivity index (χ3n) is 1.93. The first-order chi connectivity index (χ1) is 6.56. The number of carbonyl (C=O) groups excluding carboxylic acids is 1. The van der Waals surface area contributed by atoms with Crippen LogP contribution in [0.1, 0.15) is 26.7 Å². The van der Waals surface area contributed by atoms with Crippen molar-refractivity contribution in [2.24, 2.45) is 5.92 Å². The summed E-state index contributed by atoms with van der Waals surface area (Å²) in [6.45, 7) is 5.34. The van der Waals surface area contributed by atoms with Crippen LogP contribution in [0.5, 0.6) is 0 Å². The van der Waals surface area contributed by atoms with E-state index in [1.807, 2.05) is 0 Å². The van der Waals surface area contributed by atoms with Crippen LogP contribution in [0.15, 0.2) is 0 Å². The highest BCUT2D eigenvalue weighted by atomic mass is 16.3. The third-order valence-corrected chi connectivity index (χ3v) is 1.93. The van der Waals surface area contributed by atoms with E-state index in [9.17, 15) is 9.90 Å². The fourth-order valence-electron chi connectivity index (χ4n) is 1.22. The summed E-state index contributed by atoms with van der Waals surface area (Å²) >= 11 is 0. The van der Waals surface area contributed by atoms with Crippen LogP contribution in [-0.2, 0) is 4.79 Å². The molecule has 0 aromatic carbocycles. The van der Waals surface area contributed by atoms with Crippen LogP contribution in [0.25, 0.3) is 0 Å². The molecule has 0 fully saturated rings. The largest absolute Gasteiger partial charge is 0.392 e. The minimum atomic E-state index is -0.306. The average molecular weight is 202 g/mol. The Morgan fingerprint density at radius 1 is 1.43 bits per heavy atom. The SMILES string of the molecule is CNC(=O)CCNCC(O)CC(C)C. The second-order valence-electron chi connectivity index (χ2n) is 3.91. The molecule has 0 aromatic rings. The van der Waals surface area contributed by atoms with Crippen molar-refractivity contribution in [1.82, 2.24) is 10.6 Å². The molecule has 0 aromatic heterocycles. The summed E-state index contributed by atoms with van der Waals surface area (Å²) in [7, 11) is 1.62. The van der Waals surface area contributed by atoms with Crippen molar-refractivity contribution in [2.75, 3.05) is 20.1 Å². The maximum absolute atomic E-state index is 10.8. The highest BCUT2D eigenvalue weighted by molar-refractivity contribution is 5.75. The molecule has 0 saturated carbocycles. The van der Waals surface area contributed by atoms with E-state index in [1.165, 1.54) is 0 Å². The molecule has 0 spiro atoms. The van der Waals surface area contributed by atoms with Gasteiger partial charge in [0, 0.05) is 26.6 Å². The van der Waals surface area contributed by atoms with Crippen molar-refractivity contribution in [3.8, 4) is 0 Å². The standard InChI is InChI=1S/C10H22N2O2/c1-8(2)6-9(13)7-12-5-4-10(14)11-3/h8-9,12-13H,4-7H2,1-3H3,(H,11,14). The molecule has 14 heavy (non-hydrogen) atoms. The quantitative estimate of drug-likeness (QED) is 0.514. The van der Waals surface area contributed by atoms with E-state index >= 15 is 0 Å². The van der Waals surface area contributed by atoms with Gasteiger partial charge in [0.25, 0.3) is 0 Å². The molecule has 3 N–H and O–H groups in total. The number of hydrogen-bond acceptors (Lipinski definition) is 3. The van der Waals surface area contributed by atoms with Crippen LogP contribution < -0.4 is 10.6 Å². The van der Waals surface area contributed by atoms with Crippen LogP contribution >= 0.6 is 0 Å². The van der Waals surface area contributed by atoms with Crippen molar-refractivity contribution < 1.29 is 9.90 Å². The topological polar surface area (TPSA) is 61.4 Å². The van der Waals surface area contributed by atoms with Crippen LogP contribution in [0.4, 0.5) is 0 Å². The molecule has 1 unspecified atom stereocenters. The Balaban J connectivity index is 3.31. The van der Waals surface area contributed by atoms with Gasteiger partial charge < -0.3 is 15.7 Å². The summed E-state index contributed by atoms with van der Waals surface area (Å²) in [5.74, 6) is 0.529. The summed E-state index contributed by atoms with van der Waals surface area (Å²) in [5.41, 5.74) is 0. The fraction of sp³-hybridized carbons (Fsp3) is 0.900. The number of nitrogens with one attached hydrogen (secondary N) is 2. The Labute approximate surface area is 86.1 Å². The summed E-state index contributed by atoms with van der Waals surface area (Å²) in [6.07, 6.45) is 0.956. The van der Waals surface area contributed by atoms with Gasteiger partial charge in [-0.15, -0.1) is 0 Å². The van der Waals surface area contributed by atoms with E-state index in [4.69, 9.17) is 0 Å². The van der Waals surface area contributed by atoms with E-state index in [1.54, 1.807) is 7.05 Å². The van der Waals surface area contributed by atoms with Crippen molar-refractivity contribution in [3.63, 3.8) is 0 Å². The smallest absolute Gasteiger partial charge is 0.221 e. The lowest BCUT2D eigenvalue weighted by Gasteiger charge is -2.13. The van der Waals surface area contributed by atoms with Gasteiger partial charge in [-0.05, 0) is 12.3 Å². The van der Waals surface area contributed by atoms with Crippen LogP contribution in [0.2, 0.25) is 0 Å². The highest BCUT2D eigenvalue weighted by Gasteiger charge is 2.06. The molecule has 1 amide bonds. The first-order valence-electron chi connectivity index (χ1n) is 5.15. The highest BCUT2D eigenvalue weighted by Crippen LogP contribution is 2.02. The lowest BCUT2D eigenvalue weighted by atomic mass is 10.1. The first kappa shape index (κ1) is 13.4. The maximum atomic E-state index is 10.8. The Kier molecular flexibility index (Phi) is 7.42. The molecule has 0 saturated heterocycles. The number of rotatable bonds is 7. The molecule has 0 heterocycles. The van der Waals surface area contributed by atoms with Gasteiger partial charge in [0.15, 0.2) is 0 Å². The number of aliphatic hydroxyl groups excluding tert-OH is 1. The predicted octanol–water partition coefficient (Wildman–Crippen LogP) is 0.119. The van der Waals surface area contributed by atoms with Crippen LogP contribution in [0, 0.1) is 5.92 Å². The summed E-state index contributed by atoms with van der Waals surface area (Å²) in [6, 6.07) is 0. The van der Waals surface area contributed by atoms with Gasteiger partial charge in [0.05, 0.1) is 6.10 Å². The monoisotopic (exact) mass is 202 g/mol. The van der Waals surface area contributed by atoms with E-state index in [2.05, 4.69) is 24.5 Å². The van der Waals surface area contributed by atoms with Gasteiger partial charge in [-0.25, -0.2) is 0 Å². The second kappa shape index (κ2) is 7.76. The molecule has 1 atom stereocenters. The molecule has 4 heteroatoms. The van der Waals surface area contributed by atoms with Gasteiger partial charge in [-0.1, -0.05) is 13.8 Å². The number of hydrogen-bond donors (Lipinski definition) is 3. The second-order valence-corrected chi connectivity index (χ2v) is 3.91. The first-order valence-corrected chi connectivity index (χ1v) is 5.15. The van der Waals surface area contributed by atoms with Gasteiger partial charge in [-0.3, -0.25) is 4.79 Å². The Morgan fingerprint density at radius 2 is 2.07 bits per heavy atom. The molecule has 4 nitrogen and oxygen atoms in total. The summed E-state index contributed by atoms with van der Waals surface area (Å²) in [5, 5.41) is 15.1. The van der Waals surface area contributed by atoms with Gasteiger partial charge in [-0.2, -0.15) is 0 Å². The minimum absolute atomic E-state index is 0.0239. The van der Waals surface area contributed by atoms with Gasteiger partial charge in [0.1, 0.15) is 0 Å². The molecule has 0 aliphatic heterocycles. The Hall–Kier alpha value is -0.610. The minimum Gasteiger partial charge on any atom is -0.392 e.